The maximum Gasteiger partial charge on any atom is 0.295 e. The number of Topliss-reactive ketones (excluding diaryl/α,β-unsaturated/α-hetero) is 1. The monoisotopic (exact) mass is 564 g/mol. The Hall–Kier alpha value is -5.31. The highest BCUT2D eigenvalue weighted by Crippen LogP contribution is 2.43. The molecule has 1 N–H and O–H groups in total. The first-order chi connectivity index (χ1) is 20.5. The molecule has 212 valence electrons. The minimum atomic E-state index is -0.907. The van der Waals surface area contributed by atoms with Gasteiger partial charge in [0.15, 0.2) is 23.0 Å². The number of aliphatic hydroxyl groups is 1. The van der Waals surface area contributed by atoms with E-state index in [2.05, 4.69) is 4.98 Å². The molecule has 42 heavy (non-hydrogen) atoms. The maximum absolute atomic E-state index is 13.5. The van der Waals surface area contributed by atoms with E-state index < -0.39 is 17.7 Å². The molecule has 9 nitrogen and oxygen atoms in total. The van der Waals surface area contributed by atoms with Crippen LogP contribution in [0.4, 0.5) is 0 Å². The first kappa shape index (κ1) is 26.9. The summed E-state index contributed by atoms with van der Waals surface area (Å²) in [4.78, 5) is 32.6. The molecule has 2 aliphatic heterocycles. The highest BCUT2D eigenvalue weighted by Gasteiger charge is 2.46. The maximum atomic E-state index is 13.5. The fourth-order valence-corrected chi connectivity index (χ4v) is 5.13. The van der Waals surface area contributed by atoms with Gasteiger partial charge in [-0.15, -0.1) is 0 Å². The number of hydrogen-bond acceptors (Lipinski definition) is 8. The van der Waals surface area contributed by atoms with Crippen LogP contribution in [0.5, 0.6) is 23.0 Å². The molecule has 0 saturated carbocycles. The summed E-state index contributed by atoms with van der Waals surface area (Å²) in [5, 5.41) is 11.5. The average Bonchev–Trinajstić information content (AvgIpc) is 3.29. The van der Waals surface area contributed by atoms with Gasteiger partial charge in [-0.2, -0.15) is 0 Å². The van der Waals surface area contributed by atoms with Crippen molar-refractivity contribution in [3.05, 3.63) is 119 Å². The summed E-state index contributed by atoms with van der Waals surface area (Å²) in [5.74, 6) is 0.0875. The van der Waals surface area contributed by atoms with Crippen molar-refractivity contribution in [2.45, 2.75) is 19.2 Å². The van der Waals surface area contributed by atoms with E-state index in [1.54, 1.807) is 54.9 Å². The number of carbonyl (C=O) groups excluding carboxylic acids is 2. The summed E-state index contributed by atoms with van der Waals surface area (Å²) in [6.07, 6.45) is 3.27. The zero-order valence-corrected chi connectivity index (χ0v) is 22.9. The number of benzene rings is 3. The number of aromatic nitrogens is 1. The van der Waals surface area contributed by atoms with E-state index in [1.807, 2.05) is 36.4 Å². The standard InChI is InChI=1S/C33H28N2O7/c1-39-27-16-23(9-11-25(27)42-20-21-6-3-2-4-7-21)30-29(31(36)24-10-12-26-28(17-24)41-15-14-40-26)32(37)33(38)35(30)19-22-8-5-13-34-18-22/h2-13,16-18,30,36H,14-15,19-20H2,1H3/b31-29+. The molecule has 4 aromatic rings. The molecule has 6 rings (SSSR count). The number of pyridine rings is 1. The fraction of sp³-hybridized carbons (Fsp3) is 0.182. The number of hydrogen-bond donors (Lipinski definition) is 1. The molecule has 3 aromatic carbocycles. The van der Waals surface area contributed by atoms with Crippen molar-refractivity contribution in [1.82, 2.24) is 9.88 Å². The van der Waals surface area contributed by atoms with E-state index in [9.17, 15) is 14.7 Å². The van der Waals surface area contributed by atoms with Crippen LogP contribution in [-0.4, -0.2) is 47.0 Å². The van der Waals surface area contributed by atoms with Gasteiger partial charge in [-0.25, -0.2) is 0 Å². The van der Waals surface area contributed by atoms with E-state index >= 15 is 0 Å². The molecule has 1 atom stereocenters. The molecule has 0 bridgehead atoms. The van der Waals surface area contributed by atoms with Crippen molar-refractivity contribution in [3.63, 3.8) is 0 Å². The molecule has 1 fully saturated rings. The SMILES string of the molecule is COc1cc(C2/C(=C(\O)c3ccc4c(c3)OCCO4)C(=O)C(=O)N2Cc2cccnc2)ccc1OCc1ccccc1. The number of nitrogens with zero attached hydrogens (tertiary/aromatic N) is 2. The van der Waals surface area contributed by atoms with Gasteiger partial charge in [0.25, 0.3) is 11.7 Å². The molecule has 0 radical (unpaired) electrons. The first-order valence-corrected chi connectivity index (χ1v) is 13.5. The molecular weight excluding hydrogens is 536 g/mol. The highest BCUT2D eigenvalue weighted by molar-refractivity contribution is 6.46. The van der Waals surface area contributed by atoms with Crippen molar-refractivity contribution >= 4 is 17.4 Å². The Morgan fingerprint density at radius 1 is 0.929 bits per heavy atom. The van der Waals surface area contributed by atoms with Gasteiger partial charge in [0, 0.05) is 24.5 Å². The quantitative estimate of drug-likeness (QED) is 0.180. The third-order valence-corrected chi connectivity index (χ3v) is 7.17. The summed E-state index contributed by atoms with van der Waals surface area (Å²) in [6, 6.07) is 22.6. The first-order valence-electron chi connectivity index (χ1n) is 13.5. The Morgan fingerprint density at radius 3 is 2.48 bits per heavy atom. The third kappa shape index (κ3) is 5.24. The number of rotatable bonds is 8. The van der Waals surface area contributed by atoms with Gasteiger partial charge in [-0.05, 0) is 53.1 Å². The molecule has 0 spiro atoms. The predicted molar refractivity (Wildman–Crippen MR) is 153 cm³/mol. The molecule has 1 amide bonds. The summed E-state index contributed by atoms with van der Waals surface area (Å²) < 4.78 is 22.9. The van der Waals surface area contributed by atoms with Crippen molar-refractivity contribution in [2.75, 3.05) is 20.3 Å². The number of aliphatic hydroxyl groups excluding tert-OH is 1. The molecule has 3 heterocycles. The number of ketones is 1. The lowest BCUT2D eigenvalue weighted by molar-refractivity contribution is -0.140. The Morgan fingerprint density at radius 2 is 1.71 bits per heavy atom. The number of carbonyl (C=O) groups is 2. The lowest BCUT2D eigenvalue weighted by Gasteiger charge is -2.26. The Balaban J connectivity index is 1.42. The number of amides is 1. The smallest absolute Gasteiger partial charge is 0.295 e. The summed E-state index contributed by atoms with van der Waals surface area (Å²) in [5.41, 5.74) is 2.59. The average molecular weight is 565 g/mol. The summed E-state index contributed by atoms with van der Waals surface area (Å²) in [7, 11) is 1.52. The normalized spacial score (nSPS) is 17.3. The second-order valence-electron chi connectivity index (χ2n) is 9.83. The second-order valence-corrected chi connectivity index (χ2v) is 9.83. The minimum Gasteiger partial charge on any atom is -0.507 e. The van der Waals surface area contributed by atoms with Crippen molar-refractivity contribution < 1.29 is 33.6 Å². The number of fused-ring (bicyclic) bond motifs is 1. The molecular formula is C33H28N2O7. The molecule has 2 aliphatic rings. The van der Waals surface area contributed by atoms with Gasteiger partial charge >= 0.3 is 0 Å². The molecule has 9 heteroatoms. The van der Waals surface area contributed by atoms with E-state index in [0.717, 1.165) is 11.1 Å². The van der Waals surface area contributed by atoms with E-state index in [0.29, 0.717) is 53.9 Å². The van der Waals surface area contributed by atoms with Crippen LogP contribution in [0.3, 0.4) is 0 Å². The lowest BCUT2D eigenvalue weighted by atomic mass is 9.94. The second kappa shape index (κ2) is 11.7. The molecule has 1 saturated heterocycles. The van der Waals surface area contributed by atoms with Crippen LogP contribution < -0.4 is 18.9 Å². The van der Waals surface area contributed by atoms with Crippen LogP contribution in [0.1, 0.15) is 28.3 Å². The van der Waals surface area contributed by atoms with E-state index in [1.165, 1.54) is 12.0 Å². The van der Waals surface area contributed by atoms with Crippen molar-refractivity contribution in [2.24, 2.45) is 0 Å². The molecule has 1 unspecified atom stereocenters. The number of likely N-dealkylation sites (tertiary alicyclic amines) is 1. The topological polar surface area (TPSA) is 107 Å². The summed E-state index contributed by atoms with van der Waals surface area (Å²) >= 11 is 0. The Labute approximate surface area is 242 Å². The van der Waals surface area contributed by atoms with Gasteiger partial charge < -0.3 is 29.0 Å². The van der Waals surface area contributed by atoms with Gasteiger partial charge in [-0.3, -0.25) is 14.6 Å². The van der Waals surface area contributed by atoms with Crippen LogP contribution in [-0.2, 0) is 22.7 Å². The van der Waals surface area contributed by atoms with Gasteiger partial charge in [0.1, 0.15) is 25.6 Å². The Kier molecular flexibility index (Phi) is 7.47. The van der Waals surface area contributed by atoms with Gasteiger partial charge in [0.2, 0.25) is 0 Å². The zero-order chi connectivity index (χ0) is 29.1. The molecule has 0 aliphatic carbocycles. The Bertz CT molecular complexity index is 1650. The summed E-state index contributed by atoms with van der Waals surface area (Å²) in [6.45, 7) is 1.23. The van der Waals surface area contributed by atoms with E-state index in [4.69, 9.17) is 18.9 Å². The van der Waals surface area contributed by atoms with Crippen LogP contribution in [0, 0.1) is 0 Å². The van der Waals surface area contributed by atoms with Gasteiger partial charge in [-0.1, -0.05) is 42.5 Å². The van der Waals surface area contributed by atoms with Crippen LogP contribution in [0.2, 0.25) is 0 Å². The fourth-order valence-electron chi connectivity index (χ4n) is 5.13. The van der Waals surface area contributed by atoms with Crippen LogP contribution in [0.25, 0.3) is 5.76 Å². The van der Waals surface area contributed by atoms with Gasteiger partial charge in [0.05, 0.1) is 18.7 Å². The number of ether oxygens (including phenoxy) is 4. The third-order valence-electron chi connectivity index (χ3n) is 7.17. The molecule has 1 aromatic heterocycles. The van der Waals surface area contributed by atoms with Crippen LogP contribution in [0.15, 0.2) is 96.8 Å². The van der Waals surface area contributed by atoms with Crippen molar-refractivity contribution in [1.29, 1.82) is 0 Å². The minimum absolute atomic E-state index is 0.0411. The zero-order valence-electron chi connectivity index (χ0n) is 22.9. The predicted octanol–water partition coefficient (Wildman–Crippen LogP) is 5.06. The van der Waals surface area contributed by atoms with Crippen molar-refractivity contribution in [3.8, 4) is 23.0 Å². The lowest BCUT2D eigenvalue weighted by Crippen LogP contribution is -2.29. The van der Waals surface area contributed by atoms with E-state index in [-0.39, 0.29) is 17.9 Å². The number of methoxy groups -OCH3 is 1. The van der Waals surface area contributed by atoms with Crippen LogP contribution >= 0.6 is 0 Å². The largest absolute Gasteiger partial charge is 0.507 e. The highest BCUT2D eigenvalue weighted by atomic mass is 16.6.